The number of piperidine rings is 1. The first-order chi connectivity index (χ1) is 15.8. The first-order valence-electron chi connectivity index (χ1n) is 10.8. The van der Waals surface area contributed by atoms with Crippen LogP contribution in [0.1, 0.15) is 24.3 Å². The molecule has 2 aromatic carbocycles. The van der Waals surface area contributed by atoms with Crippen molar-refractivity contribution in [1.82, 2.24) is 9.29 Å². The third-order valence-electron chi connectivity index (χ3n) is 5.93. The Labute approximate surface area is 193 Å². The zero-order chi connectivity index (χ0) is 23.6. The van der Waals surface area contributed by atoms with E-state index in [1.807, 2.05) is 38.1 Å². The average Bonchev–Trinajstić information content (AvgIpc) is 3.17. The molecule has 0 aliphatic carbocycles. The first-order valence-corrected chi connectivity index (χ1v) is 12.2. The summed E-state index contributed by atoms with van der Waals surface area (Å²) in [5.41, 5.74) is 2.26. The Morgan fingerprint density at radius 2 is 1.82 bits per heavy atom. The summed E-state index contributed by atoms with van der Waals surface area (Å²) in [5, 5.41) is 2.95. The molecule has 174 valence electrons. The monoisotopic (exact) mass is 469 g/mol. The van der Waals surface area contributed by atoms with E-state index in [0.29, 0.717) is 43.3 Å². The van der Waals surface area contributed by atoms with Gasteiger partial charge in [-0.05, 0) is 69.2 Å². The predicted molar refractivity (Wildman–Crippen MR) is 125 cm³/mol. The normalized spacial score (nSPS) is 15.4. The second-order valence-electron chi connectivity index (χ2n) is 8.08. The van der Waals surface area contributed by atoms with E-state index in [0.717, 1.165) is 17.0 Å². The average molecular weight is 470 g/mol. The number of aromatic nitrogens is 1. The molecule has 1 saturated heterocycles. The summed E-state index contributed by atoms with van der Waals surface area (Å²) in [5.74, 6) is 1.49. The van der Waals surface area contributed by atoms with Gasteiger partial charge in [-0.25, -0.2) is 13.4 Å². The molecule has 1 amide bonds. The number of nitrogens with zero attached hydrogens (tertiary/aromatic N) is 2. The van der Waals surface area contributed by atoms with Crippen molar-refractivity contribution in [2.24, 2.45) is 5.92 Å². The molecule has 1 aliphatic heterocycles. The molecule has 1 N–H and O–H groups in total. The van der Waals surface area contributed by atoms with Crippen molar-refractivity contribution in [3.63, 3.8) is 0 Å². The third kappa shape index (κ3) is 4.94. The Hall–Kier alpha value is -3.17. The maximum atomic E-state index is 12.9. The number of sulfonamides is 1. The molecule has 0 unspecified atom stereocenters. The molecule has 0 atom stereocenters. The number of hydrogen-bond donors (Lipinski definition) is 1. The largest absolute Gasteiger partial charge is 0.497 e. The van der Waals surface area contributed by atoms with Crippen LogP contribution in [0.5, 0.6) is 5.75 Å². The number of aryl methyl sites for hydroxylation is 2. The topological polar surface area (TPSA) is 102 Å². The van der Waals surface area contributed by atoms with E-state index in [1.54, 1.807) is 12.1 Å². The maximum Gasteiger partial charge on any atom is 0.243 e. The van der Waals surface area contributed by atoms with Crippen molar-refractivity contribution in [2.75, 3.05) is 25.5 Å². The molecule has 0 spiro atoms. The highest BCUT2D eigenvalue weighted by Crippen LogP contribution is 2.27. The highest BCUT2D eigenvalue weighted by atomic mass is 32.2. The van der Waals surface area contributed by atoms with E-state index in [9.17, 15) is 13.2 Å². The molecule has 4 rings (SSSR count). The van der Waals surface area contributed by atoms with Gasteiger partial charge in [0.05, 0.1) is 17.7 Å². The Balaban J connectivity index is 1.38. The fourth-order valence-electron chi connectivity index (χ4n) is 3.83. The summed E-state index contributed by atoms with van der Waals surface area (Å²) < 4.78 is 38.1. The Bertz CT molecular complexity index is 1220. The zero-order valence-corrected chi connectivity index (χ0v) is 19.7. The standard InChI is InChI=1S/C24H27N3O5S/c1-16-17(2)32-24(25-16)19-5-4-6-20(15-19)26-23(28)18-11-13-27(14-12-18)33(29,30)22-9-7-21(31-3)8-10-22/h4-10,15,18H,11-14H2,1-3H3,(H,26,28). The highest BCUT2D eigenvalue weighted by Gasteiger charge is 2.32. The van der Waals surface area contributed by atoms with Crippen molar-refractivity contribution in [3.8, 4) is 17.2 Å². The first kappa shape index (κ1) is 23.0. The van der Waals surface area contributed by atoms with Crippen molar-refractivity contribution < 1.29 is 22.4 Å². The van der Waals surface area contributed by atoms with Crippen molar-refractivity contribution >= 4 is 21.6 Å². The number of carbonyl (C=O) groups excluding carboxylic acids is 1. The molecule has 1 fully saturated rings. The second-order valence-corrected chi connectivity index (χ2v) is 10.0. The lowest BCUT2D eigenvalue weighted by atomic mass is 9.97. The molecule has 0 saturated carbocycles. The van der Waals surface area contributed by atoms with Gasteiger partial charge in [0.25, 0.3) is 0 Å². The van der Waals surface area contributed by atoms with E-state index in [-0.39, 0.29) is 16.7 Å². The summed E-state index contributed by atoms with van der Waals surface area (Å²) in [4.78, 5) is 17.5. The quantitative estimate of drug-likeness (QED) is 0.585. The van der Waals surface area contributed by atoms with Gasteiger partial charge < -0.3 is 14.5 Å². The van der Waals surface area contributed by atoms with Crippen LogP contribution < -0.4 is 10.1 Å². The minimum atomic E-state index is -3.60. The molecule has 33 heavy (non-hydrogen) atoms. The predicted octanol–water partition coefficient (Wildman–Crippen LogP) is 4.01. The number of nitrogens with one attached hydrogen (secondary N) is 1. The number of rotatable bonds is 6. The number of ether oxygens (including phenoxy) is 1. The van der Waals surface area contributed by atoms with Crippen LogP contribution in [-0.4, -0.2) is 43.8 Å². The number of methoxy groups -OCH3 is 1. The molecule has 8 nitrogen and oxygen atoms in total. The number of oxazole rings is 1. The summed E-state index contributed by atoms with van der Waals surface area (Å²) >= 11 is 0. The van der Waals surface area contributed by atoms with E-state index in [2.05, 4.69) is 10.3 Å². The lowest BCUT2D eigenvalue weighted by molar-refractivity contribution is -0.120. The summed E-state index contributed by atoms with van der Waals surface area (Å²) in [6, 6.07) is 13.7. The zero-order valence-electron chi connectivity index (χ0n) is 18.9. The van der Waals surface area contributed by atoms with Crippen LogP contribution in [0.2, 0.25) is 0 Å². The Morgan fingerprint density at radius 1 is 1.12 bits per heavy atom. The Kier molecular flexibility index (Phi) is 6.53. The summed E-state index contributed by atoms with van der Waals surface area (Å²) in [6.45, 7) is 4.33. The van der Waals surface area contributed by atoms with Gasteiger partial charge in [0.2, 0.25) is 21.8 Å². The van der Waals surface area contributed by atoms with E-state index < -0.39 is 10.0 Å². The highest BCUT2D eigenvalue weighted by molar-refractivity contribution is 7.89. The van der Waals surface area contributed by atoms with E-state index in [1.165, 1.54) is 23.5 Å². The number of benzene rings is 2. The van der Waals surface area contributed by atoms with Crippen LogP contribution >= 0.6 is 0 Å². The van der Waals surface area contributed by atoms with Crippen molar-refractivity contribution in [1.29, 1.82) is 0 Å². The molecule has 0 bridgehead atoms. The number of carbonyl (C=O) groups is 1. The van der Waals surface area contributed by atoms with E-state index in [4.69, 9.17) is 9.15 Å². The van der Waals surface area contributed by atoms with Crippen LogP contribution in [0.3, 0.4) is 0 Å². The van der Waals surface area contributed by atoms with Gasteiger partial charge in [-0.2, -0.15) is 4.31 Å². The molecule has 2 heterocycles. The molecule has 0 radical (unpaired) electrons. The van der Waals surface area contributed by atoms with Crippen LogP contribution in [0, 0.1) is 19.8 Å². The van der Waals surface area contributed by atoms with Gasteiger partial charge in [0.15, 0.2) is 0 Å². The van der Waals surface area contributed by atoms with Crippen LogP contribution in [-0.2, 0) is 14.8 Å². The van der Waals surface area contributed by atoms with Gasteiger partial charge in [0, 0.05) is 30.3 Å². The number of amides is 1. The van der Waals surface area contributed by atoms with Crippen molar-refractivity contribution in [2.45, 2.75) is 31.6 Å². The lowest BCUT2D eigenvalue weighted by Gasteiger charge is -2.30. The molecular formula is C24H27N3O5S. The van der Waals surface area contributed by atoms with Crippen molar-refractivity contribution in [3.05, 3.63) is 60.0 Å². The number of anilines is 1. The lowest BCUT2D eigenvalue weighted by Crippen LogP contribution is -2.41. The van der Waals surface area contributed by atoms with Gasteiger partial charge in [-0.15, -0.1) is 0 Å². The number of hydrogen-bond acceptors (Lipinski definition) is 6. The van der Waals surface area contributed by atoms with Crippen LogP contribution in [0.4, 0.5) is 5.69 Å². The maximum absolute atomic E-state index is 12.9. The fourth-order valence-corrected chi connectivity index (χ4v) is 5.30. The molecule has 1 aliphatic rings. The Morgan fingerprint density at radius 3 is 2.42 bits per heavy atom. The van der Waals surface area contributed by atoms with Crippen LogP contribution in [0.25, 0.3) is 11.5 Å². The van der Waals surface area contributed by atoms with Gasteiger partial charge in [-0.1, -0.05) is 6.07 Å². The molecule has 9 heteroatoms. The summed E-state index contributed by atoms with van der Waals surface area (Å²) in [6.07, 6.45) is 0.915. The smallest absolute Gasteiger partial charge is 0.243 e. The molecule has 3 aromatic rings. The fraction of sp³-hybridized carbons (Fsp3) is 0.333. The van der Waals surface area contributed by atoms with Gasteiger partial charge in [0.1, 0.15) is 11.5 Å². The van der Waals surface area contributed by atoms with Gasteiger partial charge >= 0.3 is 0 Å². The second kappa shape index (κ2) is 9.36. The van der Waals surface area contributed by atoms with E-state index >= 15 is 0 Å². The summed E-state index contributed by atoms with van der Waals surface area (Å²) in [7, 11) is -2.07. The minimum Gasteiger partial charge on any atom is -0.497 e. The minimum absolute atomic E-state index is 0.117. The van der Waals surface area contributed by atoms with Crippen LogP contribution in [0.15, 0.2) is 57.8 Å². The van der Waals surface area contributed by atoms with Gasteiger partial charge in [-0.3, -0.25) is 4.79 Å². The molecule has 1 aromatic heterocycles. The third-order valence-corrected chi connectivity index (χ3v) is 7.84. The molecular weight excluding hydrogens is 442 g/mol. The SMILES string of the molecule is COc1ccc(S(=O)(=O)N2CCC(C(=O)Nc3cccc(-c4nc(C)c(C)o4)c3)CC2)cc1.